The molecule has 112 valence electrons. The lowest BCUT2D eigenvalue weighted by atomic mass is 9.77. The van der Waals surface area contributed by atoms with Crippen LogP contribution in [0.1, 0.15) is 46.5 Å². The zero-order chi connectivity index (χ0) is 14.8. The summed E-state index contributed by atoms with van der Waals surface area (Å²) in [4.78, 5) is 0. The first kappa shape index (κ1) is 16.1. The lowest BCUT2D eigenvalue weighted by molar-refractivity contribution is -0.0152. The maximum Gasteiger partial charge on any atom is 0.139 e. The van der Waals surface area contributed by atoms with Gasteiger partial charge >= 0.3 is 0 Å². The van der Waals surface area contributed by atoms with E-state index in [-0.39, 0.29) is 11.1 Å². The van der Waals surface area contributed by atoms with E-state index >= 15 is 0 Å². The van der Waals surface area contributed by atoms with Crippen LogP contribution in [0.3, 0.4) is 0 Å². The van der Waals surface area contributed by atoms with Gasteiger partial charge in [-0.05, 0) is 71.2 Å². The van der Waals surface area contributed by atoms with Crippen LogP contribution in [0.15, 0.2) is 22.7 Å². The zero-order valence-electron chi connectivity index (χ0n) is 12.4. The Labute approximate surface area is 135 Å². The molecule has 0 saturated heterocycles. The van der Waals surface area contributed by atoms with Crippen LogP contribution in [-0.2, 0) is 0 Å². The molecular formula is C16H23BrClNO. The second-order valence-corrected chi connectivity index (χ2v) is 7.96. The largest absolute Gasteiger partial charge is 0.486 e. The van der Waals surface area contributed by atoms with E-state index in [2.05, 4.69) is 42.0 Å². The second kappa shape index (κ2) is 6.25. The Bertz CT molecular complexity index is 466. The molecule has 2 nitrogen and oxygen atoms in total. The zero-order valence-corrected chi connectivity index (χ0v) is 14.8. The lowest BCUT2D eigenvalue weighted by Crippen LogP contribution is -2.47. The van der Waals surface area contributed by atoms with Crippen LogP contribution in [0, 0.1) is 0 Å². The molecule has 0 aromatic heterocycles. The molecule has 1 saturated carbocycles. The molecule has 20 heavy (non-hydrogen) atoms. The van der Waals surface area contributed by atoms with Gasteiger partial charge in [-0.25, -0.2) is 0 Å². The second-order valence-electron chi connectivity index (χ2n) is 6.64. The van der Waals surface area contributed by atoms with Gasteiger partial charge in [0.1, 0.15) is 11.4 Å². The first-order chi connectivity index (χ1) is 9.30. The van der Waals surface area contributed by atoms with Crippen LogP contribution in [0.25, 0.3) is 0 Å². The van der Waals surface area contributed by atoms with Gasteiger partial charge in [0.25, 0.3) is 0 Å². The van der Waals surface area contributed by atoms with E-state index in [4.69, 9.17) is 16.3 Å². The molecule has 0 aliphatic heterocycles. The van der Waals surface area contributed by atoms with Crippen molar-refractivity contribution < 1.29 is 4.74 Å². The fourth-order valence-electron chi connectivity index (χ4n) is 2.43. The van der Waals surface area contributed by atoms with Gasteiger partial charge in [0.05, 0.1) is 5.02 Å². The smallest absolute Gasteiger partial charge is 0.139 e. The molecule has 1 aromatic rings. The third-order valence-electron chi connectivity index (χ3n) is 3.72. The lowest BCUT2D eigenvalue weighted by Gasteiger charge is -2.43. The third-order valence-corrected chi connectivity index (χ3v) is 4.53. The van der Waals surface area contributed by atoms with E-state index < -0.39 is 0 Å². The summed E-state index contributed by atoms with van der Waals surface area (Å²) in [6, 6.07) is 5.77. The van der Waals surface area contributed by atoms with Crippen molar-refractivity contribution >= 4 is 27.5 Å². The molecule has 1 aliphatic rings. The van der Waals surface area contributed by atoms with Crippen LogP contribution in [0.4, 0.5) is 0 Å². The van der Waals surface area contributed by atoms with Gasteiger partial charge < -0.3 is 10.1 Å². The Morgan fingerprint density at radius 1 is 1.35 bits per heavy atom. The van der Waals surface area contributed by atoms with E-state index in [9.17, 15) is 0 Å². The molecule has 0 bridgehead atoms. The van der Waals surface area contributed by atoms with Crippen LogP contribution in [-0.4, -0.2) is 17.7 Å². The van der Waals surface area contributed by atoms with Crippen molar-refractivity contribution in [2.75, 3.05) is 6.54 Å². The van der Waals surface area contributed by atoms with E-state index in [1.54, 1.807) is 0 Å². The number of benzene rings is 1. The molecule has 1 N–H and O–H groups in total. The van der Waals surface area contributed by atoms with Crippen LogP contribution >= 0.6 is 27.5 Å². The average Bonchev–Trinajstić information content (AvgIpc) is 2.28. The van der Waals surface area contributed by atoms with E-state index in [1.165, 1.54) is 6.42 Å². The van der Waals surface area contributed by atoms with E-state index in [0.29, 0.717) is 5.02 Å². The normalized spacial score (nSPS) is 17.6. The van der Waals surface area contributed by atoms with Gasteiger partial charge in [-0.2, -0.15) is 0 Å². The van der Waals surface area contributed by atoms with E-state index in [0.717, 1.165) is 36.0 Å². The molecule has 0 atom stereocenters. The fraction of sp³-hybridized carbons (Fsp3) is 0.625. The maximum atomic E-state index is 6.26. The number of halogens is 2. The molecule has 0 unspecified atom stereocenters. The maximum absolute atomic E-state index is 6.26. The quantitative estimate of drug-likeness (QED) is 0.781. The van der Waals surface area contributed by atoms with Crippen molar-refractivity contribution in [3.8, 4) is 5.75 Å². The van der Waals surface area contributed by atoms with Crippen LogP contribution < -0.4 is 10.1 Å². The van der Waals surface area contributed by atoms with Gasteiger partial charge in [-0.1, -0.05) is 27.5 Å². The van der Waals surface area contributed by atoms with Crippen molar-refractivity contribution in [3.63, 3.8) is 0 Å². The number of hydrogen-bond acceptors (Lipinski definition) is 2. The van der Waals surface area contributed by atoms with E-state index in [1.807, 2.05) is 18.2 Å². The van der Waals surface area contributed by atoms with Crippen molar-refractivity contribution in [1.82, 2.24) is 5.32 Å². The number of nitrogens with one attached hydrogen (secondary N) is 1. The molecule has 0 spiro atoms. The summed E-state index contributed by atoms with van der Waals surface area (Å²) in [5.41, 5.74) is 0.112. The van der Waals surface area contributed by atoms with Crippen molar-refractivity contribution in [2.24, 2.45) is 0 Å². The minimum Gasteiger partial charge on any atom is -0.486 e. The molecule has 0 amide bonds. The monoisotopic (exact) mass is 359 g/mol. The summed E-state index contributed by atoms with van der Waals surface area (Å²) in [5.74, 6) is 0.788. The van der Waals surface area contributed by atoms with Crippen molar-refractivity contribution in [3.05, 3.63) is 27.7 Å². The number of rotatable bonds is 5. The Balaban J connectivity index is 1.99. The van der Waals surface area contributed by atoms with Gasteiger partial charge in [0, 0.05) is 10.0 Å². The SMILES string of the molecule is CC(C)(C)NCCC1(Oc2cc(Br)ccc2Cl)CCC1. The Hall–Kier alpha value is -0.250. The van der Waals surface area contributed by atoms with Gasteiger partial charge in [-0.3, -0.25) is 0 Å². The molecule has 1 aromatic carbocycles. The molecule has 0 heterocycles. The molecule has 1 aliphatic carbocycles. The molecular weight excluding hydrogens is 338 g/mol. The highest BCUT2D eigenvalue weighted by atomic mass is 79.9. The minimum absolute atomic E-state index is 0.0390. The highest BCUT2D eigenvalue weighted by Crippen LogP contribution is 2.41. The van der Waals surface area contributed by atoms with Crippen LogP contribution in [0.2, 0.25) is 5.02 Å². The summed E-state index contributed by atoms with van der Waals surface area (Å²) in [7, 11) is 0. The summed E-state index contributed by atoms with van der Waals surface area (Å²) in [6.45, 7) is 7.53. The predicted molar refractivity (Wildman–Crippen MR) is 88.7 cm³/mol. The van der Waals surface area contributed by atoms with Gasteiger partial charge in [0.2, 0.25) is 0 Å². The Morgan fingerprint density at radius 2 is 2.05 bits per heavy atom. The highest BCUT2D eigenvalue weighted by molar-refractivity contribution is 9.10. The summed E-state index contributed by atoms with van der Waals surface area (Å²) < 4.78 is 7.26. The van der Waals surface area contributed by atoms with Crippen molar-refractivity contribution in [1.29, 1.82) is 0 Å². The highest BCUT2D eigenvalue weighted by Gasteiger charge is 2.39. The summed E-state index contributed by atoms with van der Waals surface area (Å²) in [6.07, 6.45) is 4.48. The summed E-state index contributed by atoms with van der Waals surface area (Å²) >= 11 is 9.70. The molecule has 4 heteroatoms. The van der Waals surface area contributed by atoms with Gasteiger partial charge in [0.15, 0.2) is 0 Å². The third kappa shape index (κ3) is 4.37. The standard InChI is InChI=1S/C16H23BrClNO/c1-15(2,3)19-10-9-16(7-4-8-16)20-14-11-12(17)5-6-13(14)18/h5-6,11,19H,4,7-10H2,1-3H3. The molecule has 0 radical (unpaired) electrons. The van der Waals surface area contributed by atoms with Crippen molar-refractivity contribution in [2.45, 2.75) is 57.6 Å². The topological polar surface area (TPSA) is 21.3 Å². The number of hydrogen-bond donors (Lipinski definition) is 1. The first-order valence-electron chi connectivity index (χ1n) is 7.19. The van der Waals surface area contributed by atoms with Crippen LogP contribution in [0.5, 0.6) is 5.75 Å². The average molecular weight is 361 g/mol. The predicted octanol–water partition coefficient (Wildman–Crippen LogP) is 5.18. The molecule has 2 rings (SSSR count). The first-order valence-corrected chi connectivity index (χ1v) is 8.36. The Kier molecular flexibility index (Phi) is 5.04. The minimum atomic E-state index is -0.0390. The summed E-state index contributed by atoms with van der Waals surface area (Å²) in [5, 5.41) is 4.22. The molecule has 1 fully saturated rings. The fourth-order valence-corrected chi connectivity index (χ4v) is 2.92. The Morgan fingerprint density at radius 3 is 2.60 bits per heavy atom. The van der Waals surface area contributed by atoms with Gasteiger partial charge in [-0.15, -0.1) is 0 Å². The number of ether oxygens (including phenoxy) is 1.